The molecular weight excluding hydrogens is 206 g/mol. The second-order valence-electron chi connectivity index (χ2n) is 3.11. The monoisotopic (exact) mass is 215 g/mol. The number of hydrogen-bond donors (Lipinski definition) is 2. The number of aromatic nitrogens is 2. The van der Waals surface area contributed by atoms with Crippen molar-refractivity contribution < 1.29 is 4.79 Å². The van der Waals surface area contributed by atoms with E-state index in [1.54, 1.807) is 24.4 Å². The molecule has 5 heteroatoms. The van der Waals surface area contributed by atoms with Gasteiger partial charge in [-0.1, -0.05) is 6.07 Å². The Kier molecular flexibility index (Phi) is 2.77. The first kappa shape index (κ1) is 10.1. The summed E-state index contributed by atoms with van der Waals surface area (Å²) in [5, 5.41) is 2.61. The zero-order chi connectivity index (χ0) is 11.4. The van der Waals surface area contributed by atoms with Gasteiger partial charge in [0.05, 0.1) is 5.69 Å². The fourth-order valence-corrected chi connectivity index (χ4v) is 1.18. The minimum absolute atomic E-state index is 0.212. The van der Waals surface area contributed by atoms with Crippen molar-refractivity contribution in [3.05, 3.63) is 58.8 Å². The van der Waals surface area contributed by atoms with Gasteiger partial charge in [0.1, 0.15) is 5.69 Å². The number of anilines is 1. The van der Waals surface area contributed by atoms with Crippen LogP contribution in [0.15, 0.2) is 47.5 Å². The van der Waals surface area contributed by atoms with Gasteiger partial charge in [-0.15, -0.1) is 0 Å². The van der Waals surface area contributed by atoms with Gasteiger partial charge in [-0.05, 0) is 18.2 Å². The molecule has 0 saturated carbocycles. The van der Waals surface area contributed by atoms with Crippen molar-refractivity contribution in [3.63, 3.8) is 0 Å². The van der Waals surface area contributed by atoms with Crippen LogP contribution in [0.3, 0.4) is 0 Å². The van der Waals surface area contributed by atoms with E-state index >= 15 is 0 Å². The summed E-state index contributed by atoms with van der Waals surface area (Å²) in [6.45, 7) is 0. The van der Waals surface area contributed by atoms with Gasteiger partial charge in [-0.2, -0.15) is 0 Å². The Morgan fingerprint density at radius 1 is 1.25 bits per heavy atom. The number of amides is 1. The van der Waals surface area contributed by atoms with Crippen molar-refractivity contribution in [3.8, 4) is 0 Å². The van der Waals surface area contributed by atoms with E-state index in [0.29, 0.717) is 11.4 Å². The summed E-state index contributed by atoms with van der Waals surface area (Å²) >= 11 is 0. The molecule has 0 aliphatic rings. The van der Waals surface area contributed by atoms with E-state index in [2.05, 4.69) is 15.3 Å². The number of pyridine rings is 2. The molecule has 2 aromatic heterocycles. The Balaban J connectivity index is 2.14. The van der Waals surface area contributed by atoms with E-state index < -0.39 is 0 Å². The Bertz CT molecular complexity index is 528. The minimum Gasteiger partial charge on any atom is -0.327 e. The second-order valence-corrected chi connectivity index (χ2v) is 3.11. The number of carbonyl (C=O) groups is 1. The minimum atomic E-state index is -0.312. The molecular formula is C11H9N3O2. The summed E-state index contributed by atoms with van der Waals surface area (Å²) in [4.78, 5) is 28.8. The topological polar surface area (TPSA) is 74.8 Å². The fourth-order valence-electron chi connectivity index (χ4n) is 1.18. The number of rotatable bonds is 2. The largest absolute Gasteiger partial charge is 0.327 e. The van der Waals surface area contributed by atoms with Crippen LogP contribution in [0.1, 0.15) is 10.5 Å². The van der Waals surface area contributed by atoms with E-state index in [0.717, 1.165) is 0 Å². The van der Waals surface area contributed by atoms with Crippen molar-refractivity contribution in [2.24, 2.45) is 0 Å². The van der Waals surface area contributed by atoms with Crippen LogP contribution in [0, 0.1) is 0 Å². The van der Waals surface area contributed by atoms with Crippen LogP contribution in [0.4, 0.5) is 5.69 Å². The van der Waals surface area contributed by atoms with Gasteiger partial charge >= 0.3 is 0 Å². The van der Waals surface area contributed by atoms with Crippen LogP contribution in [-0.4, -0.2) is 15.9 Å². The summed E-state index contributed by atoms with van der Waals surface area (Å²) in [7, 11) is 0. The van der Waals surface area contributed by atoms with Gasteiger partial charge in [-0.3, -0.25) is 14.6 Å². The van der Waals surface area contributed by atoms with Crippen molar-refractivity contribution in [2.75, 3.05) is 5.32 Å². The predicted molar refractivity (Wildman–Crippen MR) is 59.3 cm³/mol. The van der Waals surface area contributed by atoms with E-state index in [-0.39, 0.29) is 11.5 Å². The molecule has 2 rings (SSSR count). The summed E-state index contributed by atoms with van der Waals surface area (Å²) in [6.07, 6.45) is 2.98. The lowest BCUT2D eigenvalue weighted by Crippen LogP contribution is -2.14. The third kappa shape index (κ3) is 2.33. The lowest BCUT2D eigenvalue weighted by molar-refractivity contribution is 0.102. The summed E-state index contributed by atoms with van der Waals surface area (Å²) in [5.74, 6) is -0.312. The molecule has 0 aliphatic carbocycles. The molecule has 2 aromatic rings. The molecule has 2 heterocycles. The van der Waals surface area contributed by atoms with Crippen LogP contribution in [0.25, 0.3) is 0 Å². The summed E-state index contributed by atoms with van der Waals surface area (Å²) in [5.41, 5.74) is 0.639. The van der Waals surface area contributed by atoms with Gasteiger partial charge in [0, 0.05) is 18.5 Å². The highest BCUT2D eigenvalue weighted by molar-refractivity contribution is 6.02. The van der Waals surface area contributed by atoms with Gasteiger partial charge in [0.15, 0.2) is 0 Å². The van der Waals surface area contributed by atoms with Crippen LogP contribution < -0.4 is 10.9 Å². The van der Waals surface area contributed by atoms with Crippen molar-refractivity contribution in [2.45, 2.75) is 0 Å². The van der Waals surface area contributed by atoms with Crippen LogP contribution in [0.5, 0.6) is 0 Å². The van der Waals surface area contributed by atoms with E-state index in [9.17, 15) is 9.59 Å². The van der Waals surface area contributed by atoms with Crippen molar-refractivity contribution in [1.29, 1.82) is 0 Å². The molecule has 5 nitrogen and oxygen atoms in total. The number of carbonyl (C=O) groups excluding carboxylic acids is 1. The summed E-state index contributed by atoms with van der Waals surface area (Å²) < 4.78 is 0. The van der Waals surface area contributed by atoms with E-state index in [1.807, 2.05) is 0 Å². The third-order valence-corrected chi connectivity index (χ3v) is 1.94. The molecule has 0 spiro atoms. The van der Waals surface area contributed by atoms with E-state index in [4.69, 9.17) is 0 Å². The molecule has 0 bridgehead atoms. The lowest BCUT2D eigenvalue weighted by Gasteiger charge is -2.02. The highest BCUT2D eigenvalue weighted by atomic mass is 16.2. The maximum atomic E-state index is 11.6. The first-order valence-corrected chi connectivity index (χ1v) is 4.67. The van der Waals surface area contributed by atoms with Crippen LogP contribution in [-0.2, 0) is 0 Å². The Labute approximate surface area is 91.2 Å². The first-order valence-electron chi connectivity index (χ1n) is 4.67. The normalized spacial score (nSPS) is 9.75. The second kappa shape index (κ2) is 4.39. The molecule has 80 valence electrons. The average Bonchev–Trinajstić information content (AvgIpc) is 2.33. The predicted octanol–water partition coefficient (Wildman–Crippen LogP) is 1.02. The highest BCUT2D eigenvalue weighted by Gasteiger charge is 2.05. The lowest BCUT2D eigenvalue weighted by atomic mass is 10.3. The standard InChI is InChI=1S/C11H9N3O2/c15-10-5-4-8(7-13-10)14-11(16)9-3-1-2-6-12-9/h1-7H,(H,13,15)(H,14,16). The molecule has 16 heavy (non-hydrogen) atoms. The first-order chi connectivity index (χ1) is 7.75. The zero-order valence-electron chi connectivity index (χ0n) is 8.31. The number of nitrogens with one attached hydrogen (secondary N) is 2. The van der Waals surface area contributed by atoms with Crippen molar-refractivity contribution >= 4 is 11.6 Å². The molecule has 0 fully saturated rings. The summed E-state index contributed by atoms with van der Waals surface area (Å²) in [6, 6.07) is 7.94. The van der Waals surface area contributed by atoms with Crippen LogP contribution >= 0.6 is 0 Å². The van der Waals surface area contributed by atoms with Crippen LogP contribution in [0.2, 0.25) is 0 Å². The number of H-pyrrole nitrogens is 1. The van der Waals surface area contributed by atoms with Gasteiger partial charge < -0.3 is 10.3 Å². The fraction of sp³-hybridized carbons (Fsp3) is 0. The maximum Gasteiger partial charge on any atom is 0.274 e. The molecule has 0 aromatic carbocycles. The molecule has 0 saturated heterocycles. The van der Waals surface area contributed by atoms with Crippen molar-refractivity contribution in [1.82, 2.24) is 9.97 Å². The highest BCUT2D eigenvalue weighted by Crippen LogP contribution is 2.03. The van der Waals surface area contributed by atoms with Gasteiger partial charge in [-0.25, -0.2) is 0 Å². The molecule has 0 radical (unpaired) electrons. The zero-order valence-corrected chi connectivity index (χ0v) is 8.31. The number of aromatic amines is 1. The molecule has 0 unspecified atom stereocenters. The van der Waals surface area contributed by atoms with Gasteiger partial charge in [0.2, 0.25) is 5.56 Å². The Morgan fingerprint density at radius 3 is 2.75 bits per heavy atom. The maximum absolute atomic E-state index is 11.6. The number of hydrogen-bond acceptors (Lipinski definition) is 3. The van der Waals surface area contributed by atoms with Gasteiger partial charge in [0.25, 0.3) is 5.91 Å². The SMILES string of the molecule is O=C(Nc1ccc(=O)[nH]c1)c1ccccn1. The Morgan fingerprint density at radius 2 is 2.12 bits per heavy atom. The Hall–Kier alpha value is -2.43. The smallest absolute Gasteiger partial charge is 0.274 e. The average molecular weight is 215 g/mol. The molecule has 1 amide bonds. The van der Waals surface area contributed by atoms with E-state index in [1.165, 1.54) is 18.3 Å². The molecule has 2 N–H and O–H groups in total. The molecule has 0 atom stereocenters. The third-order valence-electron chi connectivity index (χ3n) is 1.94. The number of nitrogens with zero attached hydrogens (tertiary/aromatic N) is 1. The molecule has 0 aliphatic heterocycles. The quantitative estimate of drug-likeness (QED) is 0.785.